The van der Waals surface area contributed by atoms with Crippen LogP contribution in [0.2, 0.25) is 5.02 Å². The second kappa shape index (κ2) is 6.78. The van der Waals surface area contributed by atoms with Crippen molar-refractivity contribution in [2.45, 2.75) is 18.9 Å². The predicted molar refractivity (Wildman–Crippen MR) is 78.4 cm³/mol. The molecular formula is C14H17ClN2O4. The number of nitrogens with zero attached hydrogens (tertiary/aromatic N) is 1. The van der Waals surface area contributed by atoms with Gasteiger partial charge < -0.3 is 20.5 Å². The molecule has 1 amide bonds. The number of ether oxygens (including phenoxy) is 1. The summed E-state index contributed by atoms with van der Waals surface area (Å²) >= 11 is 5.92. The van der Waals surface area contributed by atoms with Crippen molar-refractivity contribution in [3.63, 3.8) is 0 Å². The van der Waals surface area contributed by atoms with E-state index < -0.39 is 5.97 Å². The highest BCUT2D eigenvalue weighted by Crippen LogP contribution is 2.22. The number of hydrogen-bond donors (Lipinski definition) is 2. The molecule has 1 heterocycles. The molecule has 1 aliphatic rings. The molecule has 1 aliphatic heterocycles. The molecule has 2 rings (SSSR count). The Labute approximate surface area is 127 Å². The fourth-order valence-corrected chi connectivity index (χ4v) is 2.44. The number of rotatable bonds is 4. The number of amides is 1. The average molecular weight is 313 g/mol. The van der Waals surface area contributed by atoms with Gasteiger partial charge in [0.2, 0.25) is 0 Å². The van der Waals surface area contributed by atoms with Crippen LogP contribution in [0.15, 0.2) is 18.2 Å². The number of aliphatic carboxylic acids is 1. The average Bonchev–Trinajstić information content (AvgIpc) is 2.48. The minimum absolute atomic E-state index is 0.103. The lowest BCUT2D eigenvalue weighted by Gasteiger charge is -2.31. The van der Waals surface area contributed by atoms with Crippen molar-refractivity contribution >= 4 is 29.2 Å². The van der Waals surface area contributed by atoms with E-state index in [1.54, 1.807) is 23.1 Å². The van der Waals surface area contributed by atoms with E-state index in [0.717, 1.165) is 0 Å². The van der Waals surface area contributed by atoms with Gasteiger partial charge in [-0.15, -0.1) is 0 Å². The summed E-state index contributed by atoms with van der Waals surface area (Å²) in [5.41, 5.74) is 6.56. The zero-order valence-corrected chi connectivity index (χ0v) is 12.2. The van der Waals surface area contributed by atoms with E-state index in [9.17, 15) is 9.59 Å². The van der Waals surface area contributed by atoms with E-state index in [2.05, 4.69) is 0 Å². The molecule has 1 fully saturated rings. The van der Waals surface area contributed by atoms with Gasteiger partial charge in [-0.3, -0.25) is 4.79 Å². The lowest BCUT2D eigenvalue weighted by Crippen LogP contribution is -2.41. The number of nitrogen functional groups attached to an aromatic ring is 1. The largest absolute Gasteiger partial charge is 0.480 e. The first-order valence-corrected chi connectivity index (χ1v) is 7.03. The molecule has 1 aromatic rings. The molecule has 3 N–H and O–H groups in total. The Balaban J connectivity index is 1.90. The van der Waals surface area contributed by atoms with Crippen molar-refractivity contribution < 1.29 is 19.4 Å². The maximum absolute atomic E-state index is 12.3. The SMILES string of the molecule is Nc1ccc(C(=O)N2CCC(OCC(=O)O)CC2)cc1Cl. The Hall–Kier alpha value is -1.79. The van der Waals surface area contributed by atoms with Crippen LogP contribution in [-0.2, 0) is 9.53 Å². The number of benzene rings is 1. The number of likely N-dealkylation sites (tertiary alicyclic amines) is 1. The number of anilines is 1. The maximum Gasteiger partial charge on any atom is 0.329 e. The van der Waals surface area contributed by atoms with Crippen molar-refractivity contribution in [3.8, 4) is 0 Å². The first kappa shape index (κ1) is 15.6. The fourth-order valence-electron chi connectivity index (χ4n) is 2.26. The lowest BCUT2D eigenvalue weighted by atomic mass is 10.1. The summed E-state index contributed by atoms with van der Waals surface area (Å²) in [6.07, 6.45) is 1.14. The van der Waals surface area contributed by atoms with E-state index in [4.69, 9.17) is 27.2 Å². The quantitative estimate of drug-likeness (QED) is 0.824. The third kappa shape index (κ3) is 4.09. The van der Waals surface area contributed by atoms with Gasteiger partial charge in [0.1, 0.15) is 6.61 Å². The van der Waals surface area contributed by atoms with Crippen LogP contribution < -0.4 is 5.73 Å². The molecule has 114 valence electrons. The Morgan fingerprint density at radius 1 is 1.38 bits per heavy atom. The monoisotopic (exact) mass is 312 g/mol. The lowest BCUT2D eigenvalue weighted by molar-refractivity contribution is -0.145. The van der Waals surface area contributed by atoms with Crippen molar-refractivity contribution in [2.75, 3.05) is 25.4 Å². The minimum atomic E-state index is -0.981. The molecule has 1 aromatic carbocycles. The summed E-state index contributed by atoms with van der Waals surface area (Å²) in [6, 6.07) is 4.82. The Kier molecular flexibility index (Phi) is 5.03. The number of halogens is 1. The van der Waals surface area contributed by atoms with Crippen LogP contribution >= 0.6 is 11.6 Å². The van der Waals surface area contributed by atoms with Gasteiger partial charge in [-0.2, -0.15) is 0 Å². The molecule has 0 radical (unpaired) electrons. The summed E-state index contributed by atoms with van der Waals surface area (Å²) in [5.74, 6) is -1.08. The number of hydrogen-bond acceptors (Lipinski definition) is 4. The van der Waals surface area contributed by atoms with Crippen LogP contribution in [0.3, 0.4) is 0 Å². The molecular weight excluding hydrogens is 296 g/mol. The Bertz CT molecular complexity index is 542. The second-order valence-corrected chi connectivity index (χ2v) is 5.34. The number of piperidine rings is 1. The number of carboxylic acids is 1. The van der Waals surface area contributed by atoms with Gasteiger partial charge in [-0.25, -0.2) is 4.79 Å². The molecule has 0 spiro atoms. The Morgan fingerprint density at radius 2 is 2.05 bits per heavy atom. The molecule has 0 saturated carbocycles. The molecule has 0 aromatic heterocycles. The zero-order valence-electron chi connectivity index (χ0n) is 11.4. The highest BCUT2D eigenvalue weighted by molar-refractivity contribution is 6.33. The van der Waals surface area contributed by atoms with Crippen molar-refractivity contribution in [1.29, 1.82) is 0 Å². The second-order valence-electron chi connectivity index (χ2n) is 4.93. The molecule has 21 heavy (non-hydrogen) atoms. The highest BCUT2D eigenvalue weighted by atomic mass is 35.5. The number of carboxylic acid groups (broad SMARTS) is 1. The standard InChI is InChI=1S/C14H17ClN2O4/c15-11-7-9(1-2-12(11)16)14(20)17-5-3-10(4-6-17)21-8-13(18)19/h1-2,7,10H,3-6,8,16H2,(H,18,19). The zero-order chi connectivity index (χ0) is 15.4. The summed E-state index contributed by atoms with van der Waals surface area (Å²) in [5, 5.41) is 8.93. The van der Waals surface area contributed by atoms with Crippen molar-refractivity contribution in [2.24, 2.45) is 0 Å². The van der Waals surface area contributed by atoms with Gasteiger partial charge in [0.15, 0.2) is 0 Å². The van der Waals surface area contributed by atoms with Crippen LogP contribution in [0.4, 0.5) is 5.69 Å². The molecule has 0 unspecified atom stereocenters. The summed E-state index contributed by atoms with van der Waals surface area (Å²) in [7, 11) is 0. The molecule has 0 aliphatic carbocycles. The van der Waals surface area contributed by atoms with Crippen molar-refractivity contribution in [3.05, 3.63) is 28.8 Å². The summed E-state index contributed by atoms with van der Waals surface area (Å²) in [4.78, 5) is 24.5. The van der Waals surface area contributed by atoms with Gasteiger partial charge in [0.25, 0.3) is 5.91 Å². The smallest absolute Gasteiger partial charge is 0.329 e. The van der Waals surface area contributed by atoms with E-state index in [-0.39, 0.29) is 18.6 Å². The van der Waals surface area contributed by atoms with E-state index in [1.165, 1.54) is 0 Å². The van der Waals surface area contributed by atoms with Crippen LogP contribution in [0, 0.1) is 0 Å². The van der Waals surface area contributed by atoms with E-state index >= 15 is 0 Å². The normalized spacial score (nSPS) is 16.0. The van der Waals surface area contributed by atoms with E-state index in [0.29, 0.717) is 42.2 Å². The minimum Gasteiger partial charge on any atom is -0.480 e. The number of carbonyl (C=O) groups is 2. The summed E-state index contributed by atoms with van der Waals surface area (Å²) < 4.78 is 5.24. The van der Waals surface area contributed by atoms with Gasteiger partial charge in [-0.1, -0.05) is 11.6 Å². The molecule has 1 saturated heterocycles. The van der Waals surface area contributed by atoms with Gasteiger partial charge >= 0.3 is 5.97 Å². The molecule has 0 bridgehead atoms. The van der Waals surface area contributed by atoms with Gasteiger partial charge in [0, 0.05) is 18.7 Å². The van der Waals surface area contributed by atoms with Gasteiger partial charge in [-0.05, 0) is 31.0 Å². The van der Waals surface area contributed by atoms with Gasteiger partial charge in [0.05, 0.1) is 16.8 Å². The third-order valence-corrected chi connectivity index (χ3v) is 3.75. The predicted octanol–water partition coefficient (Wildman–Crippen LogP) is 1.63. The van der Waals surface area contributed by atoms with Crippen molar-refractivity contribution in [1.82, 2.24) is 4.90 Å². The van der Waals surface area contributed by atoms with Crippen LogP contribution in [0.1, 0.15) is 23.2 Å². The molecule has 0 atom stereocenters. The topological polar surface area (TPSA) is 92.9 Å². The molecule has 7 heteroatoms. The Morgan fingerprint density at radius 3 is 2.62 bits per heavy atom. The number of nitrogens with two attached hydrogens (primary N) is 1. The first-order chi connectivity index (χ1) is 9.97. The van der Waals surface area contributed by atoms with E-state index in [1.807, 2.05) is 0 Å². The summed E-state index contributed by atoms with van der Waals surface area (Å²) in [6.45, 7) is 0.766. The fraction of sp³-hybridized carbons (Fsp3) is 0.429. The molecule has 6 nitrogen and oxygen atoms in total. The van der Waals surface area contributed by atoms with Crippen LogP contribution in [0.5, 0.6) is 0 Å². The first-order valence-electron chi connectivity index (χ1n) is 6.65. The highest BCUT2D eigenvalue weighted by Gasteiger charge is 2.24. The van der Waals surface area contributed by atoms with Crippen LogP contribution in [0.25, 0.3) is 0 Å². The maximum atomic E-state index is 12.3. The van der Waals surface area contributed by atoms with Crippen LogP contribution in [-0.4, -0.2) is 47.7 Å². The third-order valence-electron chi connectivity index (χ3n) is 3.42. The number of carbonyl (C=O) groups excluding carboxylic acids is 1.